The molecule has 0 spiro atoms. The summed E-state index contributed by atoms with van der Waals surface area (Å²) in [6, 6.07) is 4.24. The zero-order chi connectivity index (χ0) is 17.3. The molecule has 0 aliphatic carbocycles. The van der Waals surface area contributed by atoms with E-state index in [0.29, 0.717) is 18.9 Å². The van der Waals surface area contributed by atoms with Crippen molar-refractivity contribution in [2.24, 2.45) is 0 Å². The number of carbonyl (C=O) groups excluding carboxylic acids is 1. The maximum Gasteiger partial charge on any atom is 0.434 e. The lowest BCUT2D eigenvalue weighted by Crippen LogP contribution is -2.40. The summed E-state index contributed by atoms with van der Waals surface area (Å²) in [6.45, 7) is 7.48. The molecule has 24 heavy (non-hydrogen) atoms. The lowest BCUT2D eigenvalue weighted by atomic mass is 9.95. The summed E-state index contributed by atoms with van der Waals surface area (Å²) in [4.78, 5) is 25.7. The fourth-order valence-electron chi connectivity index (χ4n) is 3.57. The smallest absolute Gasteiger partial charge is 0.392 e. The number of nitrogens with zero attached hydrogens (tertiary/aromatic N) is 2. The first kappa shape index (κ1) is 16.5. The van der Waals surface area contributed by atoms with Gasteiger partial charge in [-0.25, -0.2) is 9.89 Å². The molecule has 6 heteroatoms. The molecule has 1 aliphatic heterocycles. The first-order valence-electron chi connectivity index (χ1n) is 8.34. The van der Waals surface area contributed by atoms with E-state index in [9.17, 15) is 9.59 Å². The van der Waals surface area contributed by atoms with Gasteiger partial charge < -0.3 is 9.32 Å². The predicted octanol–water partition coefficient (Wildman–Crippen LogP) is 2.24. The third-order valence-electron chi connectivity index (χ3n) is 4.75. The van der Waals surface area contributed by atoms with Crippen LogP contribution in [0, 0.1) is 20.8 Å². The number of aryl methyl sites for hydroxylation is 3. The summed E-state index contributed by atoms with van der Waals surface area (Å²) in [6.07, 6.45) is 2.17. The van der Waals surface area contributed by atoms with E-state index in [-0.39, 0.29) is 11.8 Å². The van der Waals surface area contributed by atoms with Crippen LogP contribution in [0.3, 0.4) is 0 Å². The van der Waals surface area contributed by atoms with E-state index in [1.807, 2.05) is 4.90 Å². The fourth-order valence-corrected chi connectivity index (χ4v) is 3.57. The number of nitrogens with one attached hydrogen (secondary N) is 1. The second kappa shape index (κ2) is 6.63. The molecule has 1 atom stereocenters. The van der Waals surface area contributed by atoms with Crippen molar-refractivity contribution in [1.29, 1.82) is 0 Å². The van der Waals surface area contributed by atoms with Crippen LogP contribution in [0.2, 0.25) is 0 Å². The molecular weight excluding hydrogens is 306 g/mol. The molecule has 1 N–H and O–H groups in total. The third-order valence-corrected chi connectivity index (χ3v) is 4.75. The van der Waals surface area contributed by atoms with E-state index < -0.39 is 5.76 Å². The topological polar surface area (TPSA) is 79.2 Å². The lowest BCUT2D eigenvalue weighted by molar-refractivity contribution is -0.131. The van der Waals surface area contributed by atoms with E-state index in [4.69, 9.17) is 4.42 Å². The number of hydrogen-bond acceptors (Lipinski definition) is 4. The molecule has 1 saturated heterocycles. The number of rotatable bonds is 3. The average Bonchev–Trinajstić information content (AvgIpc) is 2.97. The molecule has 0 radical (unpaired) electrons. The quantitative estimate of drug-likeness (QED) is 0.936. The van der Waals surface area contributed by atoms with Gasteiger partial charge >= 0.3 is 5.76 Å². The number of aromatic amines is 1. The van der Waals surface area contributed by atoms with E-state index in [1.54, 1.807) is 0 Å². The van der Waals surface area contributed by atoms with Gasteiger partial charge in [-0.2, -0.15) is 0 Å². The normalized spacial score (nSPS) is 18.0. The predicted molar refractivity (Wildman–Crippen MR) is 90.0 cm³/mol. The minimum Gasteiger partial charge on any atom is -0.392 e. The van der Waals surface area contributed by atoms with Crippen molar-refractivity contribution in [2.45, 2.75) is 46.0 Å². The molecule has 1 fully saturated rings. The molecule has 1 unspecified atom stereocenters. The average molecular weight is 329 g/mol. The van der Waals surface area contributed by atoms with Gasteiger partial charge in [0.25, 0.3) is 0 Å². The molecule has 2 aromatic rings. The Hall–Kier alpha value is -2.37. The van der Waals surface area contributed by atoms with Crippen LogP contribution in [0.4, 0.5) is 0 Å². The summed E-state index contributed by atoms with van der Waals surface area (Å²) in [5, 5.41) is 6.21. The highest BCUT2D eigenvalue weighted by atomic mass is 16.4. The van der Waals surface area contributed by atoms with Crippen molar-refractivity contribution in [3.63, 3.8) is 0 Å². The summed E-state index contributed by atoms with van der Waals surface area (Å²) in [7, 11) is 0. The maximum absolute atomic E-state index is 12.7. The van der Waals surface area contributed by atoms with Crippen LogP contribution in [0.25, 0.3) is 0 Å². The summed E-state index contributed by atoms with van der Waals surface area (Å²) in [5.74, 6) is -0.0333. The van der Waals surface area contributed by atoms with Gasteiger partial charge in [0.05, 0.1) is 12.3 Å². The first-order valence-corrected chi connectivity index (χ1v) is 8.34. The molecule has 1 aromatic carbocycles. The summed E-state index contributed by atoms with van der Waals surface area (Å²) >= 11 is 0. The molecule has 6 nitrogen and oxygen atoms in total. The minimum absolute atomic E-state index is 0.0122. The monoisotopic (exact) mass is 329 g/mol. The van der Waals surface area contributed by atoms with Gasteiger partial charge in [0.2, 0.25) is 11.8 Å². The second-order valence-electron chi connectivity index (χ2n) is 6.68. The molecule has 128 valence electrons. The second-order valence-corrected chi connectivity index (χ2v) is 6.68. The Balaban J connectivity index is 1.72. The minimum atomic E-state index is -0.542. The standard InChI is InChI=1S/C18H23N3O3/c1-11-7-12(2)15(13(3)8-11)9-16(22)21-6-4-5-14(10-21)17-19-20-18(23)24-17/h7-8,14H,4-6,9-10H2,1-3H3,(H,20,23). The van der Waals surface area contributed by atoms with Crippen molar-refractivity contribution in [2.75, 3.05) is 13.1 Å². The highest BCUT2D eigenvalue weighted by Crippen LogP contribution is 2.26. The van der Waals surface area contributed by atoms with Gasteiger partial charge in [-0.15, -0.1) is 5.10 Å². The molecule has 2 heterocycles. The Morgan fingerprint density at radius 2 is 2.04 bits per heavy atom. The number of benzene rings is 1. The zero-order valence-corrected chi connectivity index (χ0v) is 14.4. The zero-order valence-electron chi connectivity index (χ0n) is 14.4. The number of amides is 1. The molecule has 3 rings (SSSR count). The third kappa shape index (κ3) is 3.42. The van der Waals surface area contributed by atoms with Crippen molar-refractivity contribution in [3.05, 3.63) is 50.8 Å². The number of carbonyl (C=O) groups is 1. The molecular formula is C18H23N3O3. The van der Waals surface area contributed by atoms with Crippen LogP contribution in [0.15, 0.2) is 21.3 Å². The van der Waals surface area contributed by atoms with Gasteiger partial charge in [-0.1, -0.05) is 17.7 Å². The van der Waals surface area contributed by atoms with E-state index in [0.717, 1.165) is 36.1 Å². The van der Waals surface area contributed by atoms with Gasteiger partial charge in [0, 0.05) is 13.1 Å². The number of hydrogen-bond donors (Lipinski definition) is 1. The number of likely N-dealkylation sites (tertiary alicyclic amines) is 1. The van der Waals surface area contributed by atoms with Crippen molar-refractivity contribution in [3.8, 4) is 0 Å². The Kier molecular flexibility index (Phi) is 4.55. The van der Waals surface area contributed by atoms with Crippen LogP contribution in [0.5, 0.6) is 0 Å². The highest BCUT2D eigenvalue weighted by Gasteiger charge is 2.28. The van der Waals surface area contributed by atoms with Gasteiger partial charge in [0.15, 0.2) is 0 Å². The SMILES string of the molecule is Cc1cc(C)c(CC(=O)N2CCCC(c3n[nH]c(=O)o3)C2)c(C)c1. The van der Waals surface area contributed by atoms with Crippen LogP contribution >= 0.6 is 0 Å². The lowest BCUT2D eigenvalue weighted by Gasteiger charge is -2.31. The van der Waals surface area contributed by atoms with Gasteiger partial charge in [-0.05, 0) is 50.3 Å². The molecule has 1 aliphatic rings. The number of piperidine rings is 1. The Labute approximate surface area is 140 Å². The van der Waals surface area contributed by atoms with Crippen LogP contribution in [-0.2, 0) is 11.2 Å². The molecule has 0 bridgehead atoms. The number of aromatic nitrogens is 2. The number of H-pyrrole nitrogens is 1. The Bertz CT molecular complexity index is 783. The molecule has 1 amide bonds. The van der Waals surface area contributed by atoms with Crippen LogP contribution in [-0.4, -0.2) is 34.1 Å². The maximum atomic E-state index is 12.7. The molecule has 0 saturated carbocycles. The Morgan fingerprint density at radius 3 is 2.67 bits per heavy atom. The summed E-state index contributed by atoms with van der Waals surface area (Å²) < 4.78 is 5.06. The van der Waals surface area contributed by atoms with Crippen molar-refractivity contribution >= 4 is 5.91 Å². The van der Waals surface area contributed by atoms with E-state index in [2.05, 4.69) is 43.1 Å². The fraction of sp³-hybridized carbons (Fsp3) is 0.500. The largest absolute Gasteiger partial charge is 0.434 e. The van der Waals surface area contributed by atoms with Crippen molar-refractivity contribution in [1.82, 2.24) is 15.1 Å². The highest BCUT2D eigenvalue weighted by molar-refractivity contribution is 5.79. The van der Waals surface area contributed by atoms with Crippen molar-refractivity contribution < 1.29 is 9.21 Å². The van der Waals surface area contributed by atoms with Gasteiger partial charge in [0.1, 0.15) is 0 Å². The van der Waals surface area contributed by atoms with Crippen LogP contribution < -0.4 is 5.76 Å². The Morgan fingerprint density at radius 1 is 1.33 bits per heavy atom. The first-order chi connectivity index (χ1) is 11.4. The van der Waals surface area contributed by atoms with Gasteiger partial charge in [-0.3, -0.25) is 4.79 Å². The van der Waals surface area contributed by atoms with E-state index in [1.165, 1.54) is 5.56 Å². The summed E-state index contributed by atoms with van der Waals surface area (Å²) in [5.41, 5.74) is 4.65. The van der Waals surface area contributed by atoms with Crippen LogP contribution in [0.1, 0.15) is 46.9 Å². The van der Waals surface area contributed by atoms with E-state index >= 15 is 0 Å². The molecule has 1 aromatic heterocycles.